The lowest BCUT2D eigenvalue weighted by molar-refractivity contribution is 0.0695. The number of hydrogen-bond acceptors (Lipinski definition) is 3. The number of aliphatic hydroxyl groups is 2. The molecule has 0 radical (unpaired) electrons. The Kier molecular flexibility index (Phi) is 8.50. The maximum Gasteiger partial charge on any atom is 0.335 e. The second-order valence-electron chi connectivity index (χ2n) is 9.63. The van der Waals surface area contributed by atoms with Crippen LogP contribution in [-0.4, -0.2) is 33.5 Å². The van der Waals surface area contributed by atoms with Crippen molar-refractivity contribution in [1.82, 2.24) is 0 Å². The lowest BCUT2D eigenvalue weighted by Crippen LogP contribution is -2.18. The molecule has 1 fully saturated rings. The number of aromatic carboxylic acids is 1. The summed E-state index contributed by atoms with van der Waals surface area (Å²) in [6, 6.07) is 7.23. The monoisotopic (exact) mass is 426 g/mol. The third-order valence-corrected chi connectivity index (χ3v) is 7.16. The number of carboxylic acid groups (broad SMARTS) is 1. The van der Waals surface area contributed by atoms with Gasteiger partial charge in [-0.25, -0.2) is 4.79 Å². The lowest BCUT2D eigenvalue weighted by atomic mass is 9.88. The molecule has 0 aliphatic heterocycles. The Morgan fingerprint density at radius 2 is 2.03 bits per heavy atom. The minimum Gasteiger partial charge on any atom is -0.478 e. The summed E-state index contributed by atoms with van der Waals surface area (Å²) in [5.74, 6) is 0.499. The standard InChI is InChI=1S/C27H38O4/c1-3-4-7-18(2)14-22(28)12-13-24-25-16-19(15-21(25)17-26(24)29)10-11-20-8-5-6-9-23(20)27(30)31/h5-6,8-9,12-13,15,18,21-22,24-26,28-29H,3-4,7,10-11,14,16-17H2,1-2H3,(H,30,31)/b13-12+/t18?,21-,22+,24-,25-,26+/m0/s1. The summed E-state index contributed by atoms with van der Waals surface area (Å²) in [6.45, 7) is 4.39. The minimum atomic E-state index is -0.872. The number of aryl methyl sites for hydroxylation is 1. The predicted octanol–water partition coefficient (Wildman–Crippen LogP) is 5.39. The second kappa shape index (κ2) is 11.1. The zero-order valence-electron chi connectivity index (χ0n) is 18.9. The van der Waals surface area contributed by atoms with Crippen LogP contribution in [0.25, 0.3) is 0 Å². The highest BCUT2D eigenvalue weighted by Gasteiger charge is 2.43. The first-order chi connectivity index (χ1) is 14.9. The summed E-state index contributed by atoms with van der Waals surface area (Å²) in [7, 11) is 0. The van der Waals surface area contributed by atoms with Gasteiger partial charge < -0.3 is 15.3 Å². The Morgan fingerprint density at radius 1 is 1.26 bits per heavy atom. The summed E-state index contributed by atoms with van der Waals surface area (Å²) in [5, 5.41) is 30.4. The molecule has 4 heteroatoms. The van der Waals surface area contributed by atoms with Crippen LogP contribution in [0.15, 0.2) is 48.1 Å². The van der Waals surface area contributed by atoms with E-state index in [1.165, 1.54) is 18.4 Å². The SMILES string of the molecule is CCCCC(C)C[C@H](O)/C=C/[C@H]1[C@H]2CC(CCc3ccccc3C(=O)O)=C[C@H]2C[C@H]1O. The van der Waals surface area contributed by atoms with E-state index in [-0.39, 0.29) is 12.0 Å². The van der Waals surface area contributed by atoms with Crippen LogP contribution in [0.1, 0.15) is 74.7 Å². The molecule has 170 valence electrons. The molecule has 0 aromatic heterocycles. The third kappa shape index (κ3) is 6.30. The van der Waals surface area contributed by atoms with E-state index in [1.807, 2.05) is 18.2 Å². The summed E-state index contributed by atoms with van der Waals surface area (Å²) in [5.41, 5.74) is 2.64. The van der Waals surface area contributed by atoms with Crippen molar-refractivity contribution in [2.45, 2.75) is 77.4 Å². The molecule has 6 atom stereocenters. The van der Waals surface area contributed by atoms with Gasteiger partial charge in [-0.1, -0.05) is 75.1 Å². The van der Waals surface area contributed by atoms with E-state index in [1.54, 1.807) is 12.1 Å². The number of aliphatic hydroxyl groups excluding tert-OH is 2. The molecule has 0 heterocycles. The van der Waals surface area contributed by atoms with Crippen molar-refractivity contribution < 1.29 is 20.1 Å². The molecule has 2 aliphatic carbocycles. The molecule has 4 nitrogen and oxygen atoms in total. The molecule has 0 spiro atoms. The highest BCUT2D eigenvalue weighted by molar-refractivity contribution is 5.89. The Balaban J connectivity index is 1.54. The Hall–Kier alpha value is -1.91. The normalized spacial score (nSPS) is 27.3. The van der Waals surface area contributed by atoms with Gasteiger partial charge in [0, 0.05) is 5.92 Å². The van der Waals surface area contributed by atoms with Crippen molar-refractivity contribution in [3.05, 3.63) is 59.2 Å². The van der Waals surface area contributed by atoms with Gasteiger partial charge in [0.05, 0.1) is 17.8 Å². The number of carboxylic acids is 1. The van der Waals surface area contributed by atoms with Crippen LogP contribution in [0.5, 0.6) is 0 Å². The van der Waals surface area contributed by atoms with Crippen molar-refractivity contribution in [3.63, 3.8) is 0 Å². The molecule has 0 saturated heterocycles. The molecular weight excluding hydrogens is 388 g/mol. The smallest absolute Gasteiger partial charge is 0.335 e. The van der Waals surface area contributed by atoms with Crippen LogP contribution in [-0.2, 0) is 6.42 Å². The number of rotatable bonds is 11. The van der Waals surface area contributed by atoms with Gasteiger partial charge in [-0.2, -0.15) is 0 Å². The molecule has 1 saturated carbocycles. The van der Waals surface area contributed by atoms with Gasteiger partial charge in [-0.3, -0.25) is 0 Å². The van der Waals surface area contributed by atoms with Gasteiger partial charge in [-0.15, -0.1) is 0 Å². The second-order valence-corrected chi connectivity index (χ2v) is 9.63. The average Bonchev–Trinajstić information content (AvgIpc) is 3.25. The van der Waals surface area contributed by atoms with E-state index in [0.29, 0.717) is 23.3 Å². The first kappa shape index (κ1) is 23.7. The van der Waals surface area contributed by atoms with Crippen molar-refractivity contribution in [1.29, 1.82) is 0 Å². The summed E-state index contributed by atoms with van der Waals surface area (Å²) in [6.07, 6.45) is 13.1. The first-order valence-electron chi connectivity index (χ1n) is 11.9. The zero-order chi connectivity index (χ0) is 22.4. The number of allylic oxidation sites excluding steroid dienone is 2. The maximum atomic E-state index is 11.4. The first-order valence-corrected chi connectivity index (χ1v) is 11.9. The lowest BCUT2D eigenvalue weighted by Gasteiger charge is -2.19. The fourth-order valence-electron chi connectivity index (χ4n) is 5.45. The molecule has 2 aliphatic rings. The van der Waals surface area contributed by atoms with E-state index >= 15 is 0 Å². The van der Waals surface area contributed by atoms with E-state index in [2.05, 4.69) is 26.0 Å². The topological polar surface area (TPSA) is 77.8 Å². The Labute approximate surface area is 186 Å². The van der Waals surface area contributed by atoms with Crippen molar-refractivity contribution in [2.75, 3.05) is 0 Å². The fraction of sp³-hybridized carbons (Fsp3) is 0.593. The fourth-order valence-corrected chi connectivity index (χ4v) is 5.45. The number of fused-ring (bicyclic) bond motifs is 1. The highest BCUT2D eigenvalue weighted by Crippen LogP contribution is 2.48. The van der Waals surface area contributed by atoms with Gasteiger partial charge in [-0.05, 0) is 61.5 Å². The summed E-state index contributed by atoms with van der Waals surface area (Å²) in [4.78, 5) is 11.4. The van der Waals surface area contributed by atoms with Gasteiger partial charge in [0.25, 0.3) is 0 Å². The molecule has 3 rings (SSSR count). The van der Waals surface area contributed by atoms with Gasteiger partial charge in [0.1, 0.15) is 0 Å². The average molecular weight is 427 g/mol. The van der Waals surface area contributed by atoms with E-state index in [4.69, 9.17) is 0 Å². The van der Waals surface area contributed by atoms with Gasteiger partial charge in [0.15, 0.2) is 0 Å². The minimum absolute atomic E-state index is 0.0886. The number of carbonyl (C=O) groups is 1. The molecular formula is C27H38O4. The largest absolute Gasteiger partial charge is 0.478 e. The Morgan fingerprint density at radius 3 is 2.77 bits per heavy atom. The van der Waals surface area contributed by atoms with Crippen LogP contribution >= 0.6 is 0 Å². The number of hydrogen-bond donors (Lipinski definition) is 3. The molecule has 1 unspecified atom stereocenters. The number of unbranched alkanes of at least 4 members (excludes halogenated alkanes) is 1. The molecule has 1 aromatic rings. The van der Waals surface area contributed by atoms with Crippen molar-refractivity contribution in [2.24, 2.45) is 23.7 Å². The molecule has 1 aromatic carbocycles. The van der Waals surface area contributed by atoms with Crippen LogP contribution in [0.4, 0.5) is 0 Å². The highest BCUT2D eigenvalue weighted by atomic mass is 16.4. The third-order valence-electron chi connectivity index (χ3n) is 7.16. The summed E-state index contributed by atoms with van der Waals surface area (Å²) < 4.78 is 0. The molecule has 3 N–H and O–H groups in total. The van der Waals surface area contributed by atoms with Crippen molar-refractivity contribution in [3.8, 4) is 0 Å². The van der Waals surface area contributed by atoms with Crippen LogP contribution in [0, 0.1) is 23.7 Å². The van der Waals surface area contributed by atoms with E-state index < -0.39 is 12.1 Å². The molecule has 0 amide bonds. The van der Waals surface area contributed by atoms with E-state index in [9.17, 15) is 20.1 Å². The van der Waals surface area contributed by atoms with Crippen LogP contribution in [0.2, 0.25) is 0 Å². The quantitative estimate of drug-likeness (QED) is 0.414. The number of benzene rings is 1. The molecule has 31 heavy (non-hydrogen) atoms. The predicted molar refractivity (Wildman–Crippen MR) is 124 cm³/mol. The molecule has 0 bridgehead atoms. The Bertz CT molecular complexity index is 796. The van der Waals surface area contributed by atoms with Crippen LogP contribution in [0.3, 0.4) is 0 Å². The van der Waals surface area contributed by atoms with Gasteiger partial charge >= 0.3 is 5.97 Å². The van der Waals surface area contributed by atoms with Crippen molar-refractivity contribution >= 4 is 5.97 Å². The summed E-state index contributed by atoms with van der Waals surface area (Å²) >= 11 is 0. The maximum absolute atomic E-state index is 11.4. The van der Waals surface area contributed by atoms with Crippen LogP contribution < -0.4 is 0 Å². The van der Waals surface area contributed by atoms with E-state index in [0.717, 1.165) is 44.1 Å². The van der Waals surface area contributed by atoms with Gasteiger partial charge in [0.2, 0.25) is 0 Å². The zero-order valence-corrected chi connectivity index (χ0v) is 18.9.